The topological polar surface area (TPSA) is 70.6 Å². The van der Waals surface area contributed by atoms with E-state index in [1.165, 1.54) is 0 Å². The molecule has 1 rings (SSSR count). The third kappa shape index (κ3) is 5.56. The molecule has 0 radical (unpaired) electrons. The molecule has 0 spiro atoms. The fraction of sp³-hybridized carbons (Fsp3) is 0.588. The van der Waals surface area contributed by atoms with Crippen molar-refractivity contribution < 1.29 is 14.6 Å². The minimum absolute atomic E-state index is 0.0217. The van der Waals surface area contributed by atoms with Gasteiger partial charge < -0.3 is 20.5 Å². The molecule has 2 unspecified atom stereocenters. The van der Waals surface area contributed by atoms with Crippen molar-refractivity contribution in [3.05, 3.63) is 29.8 Å². The number of hydrogen-bond donors (Lipinski definition) is 3. The van der Waals surface area contributed by atoms with Crippen LogP contribution in [0.25, 0.3) is 0 Å². The van der Waals surface area contributed by atoms with Gasteiger partial charge in [-0.15, -0.1) is 0 Å². The first-order chi connectivity index (χ1) is 10.5. The van der Waals surface area contributed by atoms with Crippen molar-refractivity contribution in [1.82, 2.24) is 10.6 Å². The van der Waals surface area contributed by atoms with Gasteiger partial charge in [0, 0.05) is 25.1 Å². The van der Waals surface area contributed by atoms with E-state index < -0.39 is 0 Å². The molecule has 0 fully saturated rings. The lowest BCUT2D eigenvalue weighted by Gasteiger charge is -2.22. The monoisotopic (exact) mass is 308 g/mol. The fourth-order valence-corrected chi connectivity index (χ4v) is 2.36. The molecular formula is C17H28N2O3. The lowest BCUT2D eigenvalue weighted by atomic mass is 10.00. The Labute approximate surface area is 133 Å². The molecule has 0 bridgehead atoms. The molecule has 3 N–H and O–H groups in total. The summed E-state index contributed by atoms with van der Waals surface area (Å²) in [6, 6.07) is 7.59. The Hall–Kier alpha value is -1.75. The molecule has 5 heteroatoms. The van der Waals surface area contributed by atoms with E-state index in [0.717, 1.165) is 11.3 Å². The summed E-state index contributed by atoms with van der Waals surface area (Å²) in [5.41, 5.74) is 1.07. The van der Waals surface area contributed by atoms with Crippen molar-refractivity contribution in [2.45, 2.75) is 39.2 Å². The fourth-order valence-electron chi connectivity index (χ4n) is 2.36. The second kappa shape index (κ2) is 9.30. The number of benzene rings is 1. The summed E-state index contributed by atoms with van der Waals surface area (Å²) in [6.07, 6.45) is 0.563. The molecule has 0 saturated carbocycles. The molecule has 22 heavy (non-hydrogen) atoms. The first-order valence-electron chi connectivity index (χ1n) is 7.77. The SMILES string of the molecule is COc1ccccc1C(C)CNC(=O)NC(CCO)C(C)C. The van der Waals surface area contributed by atoms with Gasteiger partial charge in [0.15, 0.2) is 0 Å². The number of aliphatic hydroxyl groups excluding tert-OH is 1. The highest BCUT2D eigenvalue weighted by molar-refractivity contribution is 5.74. The van der Waals surface area contributed by atoms with Crippen LogP contribution in [0.5, 0.6) is 5.75 Å². The van der Waals surface area contributed by atoms with Crippen molar-refractivity contribution in [3.63, 3.8) is 0 Å². The molecule has 0 aliphatic rings. The molecule has 1 aromatic rings. The third-order valence-electron chi connectivity index (χ3n) is 3.80. The molecule has 0 aromatic heterocycles. The maximum Gasteiger partial charge on any atom is 0.315 e. The van der Waals surface area contributed by atoms with Crippen LogP contribution in [0.3, 0.4) is 0 Å². The number of carbonyl (C=O) groups is 1. The van der Waals surface area contributed by atoms with Gasteiger partial charge in [0.1, 0.15) is 5.75 Å². The number of aliphatic hydroxyl groups is 1. The van der Waals surface area contributed by atoms with Crippen LogP contribution in [0.4, 0.5) is 4.79 Å². The van der Waals surface area contributed by atoms with Gasteiger partial charge in [-0.1, -0.05) is 39.0 Å². The number of amides is 2. The molecule has 2 atom stereocenters. The van der Waals surface area contributed by atoms with Gasteiger partial charge >= 0.3 is 6.03 Å². The van der Waals surface area contributed by atoms with E-state index in [9.17, 15) is 4.79 Å². The number of urea groups is 1. The summed E-state index contributed by atoms with van der Waals surface area (Å²) in [6.45, 7) is 6.69. The summed E-state index contributed by atoms with van der Waals surface area (Å²) in [5, 5.41) is 14.8. The summed E-state index contributed by atoms with van der Waals surface area (Å²) < 4.78 is 5.35. The Balaban J connectivity index is 2.52. The molecule has 2 amide bonds. The Morgan fingerprint density at radius 1 is 1.27 bits per heavy atom. The maximum absolute atomic E-state index is 12.0. The highest BCUT2D eigenvalue weighted by atomic mass is 16.5. The van der Waals surface area contributed by atoms with E-state index >= 15 is 0 Å². The Morgan fingerprint density at radius 2 is 1.95 bits per heavy atom. The Kier molecular flexibility index (Phi) is 7.74. The second-order valence-corrected chi connectivity index (χ2v) is 5.86. The van der Waals surface area contributed by atoms with Crippen molar-refractivity contribution in [2.24, 2.45) is 5.92 Å². The van der Waals surface area contributed by atoms with Gasteiger partial charge in [0.25, 0.3) is 0 Å². The van der Waals surface area contributed by atoms with Crippen LogP contribution in [-0.4, -0.2) is 37.4 Å². The molecule has 124 valence electrons. The van der Waals surface area contributed by atoms with E-state index in [1.807, 2.05) is 45.0 Å². The van der Waals surface area contributed by atoms with Crippen LogP contribution in [0.15, 0.2) is 24.3 Å². The number of carbonyl (C=O) groups excluding carboxylic acids is 1. The van der Waals surface area contributed by atoms with Crippen LogP contribution in [0.2, 0.25) is 0 Å². The minimum Gasteiger partial charge on any atom is -0.496 e. The average molecular weight is 308 g/mol. The predicted octanol–water partition coefficient (Wildman–Crippen LogP) is 2.50. The lowest BCUT2D eigenvalue weighted by Crippen LogP contribution is -2.45. The molecule has 0 aliphatic carbocycles. The first-order valence-corrected chi connectivity index (χ1v) is 7.77. The van der Waals surface area contributed by atoms with E-state index in [0.29, 0.717) is 13.0 Å². The number of methoxy groups -OCH3 is 1. The number of rotatable bonds is 8. The zero-order chi connectivity index (χ0) is 16.5. The molecule has 0 heterocycles. The van der Waals surface area contributed by atoms with Crippen LogP contribution < -0.4 is 15.4 Å². The normalized spacial score (nSPS) is 13.5. The minimum atomic E-state index is -0.200. The van der Waals surface area contributed by atoms with Crippen molar-refractivity contribution in [3.8, 4) is 5.75 Å². The first kappa shape index (κ1) is 18.3. The van der Waals surface area contributed by atoms with E-state index in [4.69, 9.17) is 9.84 Å². The van der Waals surface area contributed by atoms with Crippen LogP contribution in [0, 0.1) is 5.92 Å². The summed E-state index contributed by atoms with van der Waals surface area (Å²) in [5.74, 6) is 1.26. The van der Waals surface area contributed by atoms with Crippen molar-refractivity contribution in [2.75, 3.05) is 20.3 Å². The predicted molar refractivity (Wildman–Crippen MR) is 88.3 cm³/mol. The molecule has 1 aromatic carbocycles. The highest BCUT2D eigenvalue weighted by Crippen LogP contribution is 2.25. The molecule has 0 aliphatic heterocycles. The molecule has 5 nitrogen and oxygen atoms in total. The zero-order valence-corrected chi connectivity index (χ0v) is 13.9. The highest BCUT2D eigenvalue weighted by Gasteiger charge is 2.17. The number of nitrogens with one attached hydrogen (secondary N) is 2. The van der Waals surface area contributed by atoms with Gasteiger partial charge in [0.2, 0.25) is 0 Å². The number of hydrogen-bond acceptors (Lipinski definition) is 3. The Bertz CT molecular complexity index is 463. The Morgan fingerprint density at radius 3 is 2.55 bits per heavy atom. The standard InChI is InChI=1S/C17H28N2O3/c1-12(2)15(9-10-20)19-17(21)18-11-13(3)14-7-5-6-8-16(14)22-4/h5-8,12-13,15,20H,9-11H2,1-4H3,(H2,18,19,21). The van der Waals surface area contributed by atoms with Gasteiger partial charge in [0.05, 0.1) is 7.11 Å². The van der Waals surface area contributed by atoms with E-state index in [2.05, 4.69) is 10.6 Å². The van der Waals surface area contributed by atoms with Crippen LogP contribution in [-0.2, 0) is 0 Å². The summed E-state index contributed by atoms with van der Waals surface area (Å²) >= 11 is 0. The molecule has 0 saturated heterocycles. The van der Waals surface area contributed by atoms with Crippen LogP contribution in [0.1, 0.15) is 38.7 Å². The average Bonchev–Trinajstić information content (AvgIpc) is 2.52. The van der Waals surface area contributed by atoms with E-state index in [-0.39, 0.29) is 30.5 Å². The number of para-hydroxylation sites is 1. The van der Waals surface area contributed by atoms with Crippen molar-refractivity contribution >= 4 is 6.03 Å². The van der Waals surface area contributed by atoms with Crippen LogP contribution >= 0.6 is 0 Å². The quantitative estimate of drug-likeness (QED) is 0.691. The zero-order valence-electron chi connectivity index (χ0n) is 13.9. The summed E-state index contributed by atoms with van der Waals surface area (Å²) in [7, 11) is 1.65. The maximum atomic E-state index is 12.0. The third-order valence-corrected chi connectivity index (χ3v) is 3.80. The second-order valence-electron chi connectivity index (χ2n) is 5.86. The van der Waals surface area contributed by atoms with Crippen molar-refractivity contribution in [1.29, 1.82) is 0 Å². The lowest BCUT2D eigenvalue weighted by molar-refractivity contribution is 0.218. The van der Waals surface area contributed by atoms with Gasteiger partial charge in [-0.25, -0.2) is 4.79 Å². The van der Waals surface area contributed by atoms with Gasteiger partial charge in [-0.05, 0) is 24.0 Å². The number of ether oxygens (including phenoxy) is 1. The summed E-state index contributed by atoms with van der Waals surface area (Å²) in [4.78, 5) is 12.0. The van der Waals surface area contributed by atoms with Gasteiger partial charge in [-0.3, -0.25) is 0 Å². The van der Waals surface area contributed by atoms with Gasteiger partial charge in [-0.2, -0.15) is 0 Å². The smallest absolute Gasteiger partial charge is 0.315 e. The van der Waals surface area contributed by atoms with E-state index in [1.54, 1.807) is 7.11 Å². The molecular weight excluding hydrogens is 280 g/mol. The largest absolute Gasteiger partial charge is 0.496 e.